The van der Waals surface area contributed by atoms with Gasteiger partial charge in [-0.3, -0.25) is 0 Å². The molecule has 0 saturated carbocycles. The molecule has 1 aromatic carbocycles. The maximum Gasteiger partial charge on any atom is 0.115 e. The molecule has 0 aliphatic heterocycles. The Morgan fingerprint density at radius 2 is 1.57 bits per heavy atom. The Hall–Kier alpha value is -2.14. The fourth-order valence-corrected chi connectivity index (χ4v) is 0.788. The zero-order valence-electron chi connectivity index (χ0n) is 7.67. The molecule has 0 fully saturated rings. The molecule has 0 amide bonds. The van der Waals surface area contributed by atoms with Gasteiger partial charge in [-0.2, -0.15) is 0 Å². The highest BCUT2D eigenvalue weighted by atomic mass is 14.8. The molecule has 0 aliphatic carbocycles. The standard InChI is InChI=1S/C8H6.C4H4N2/c1-2-8-6-4-3-5-7-8;1-2-5-4-6-3-1/h1,3-7H;1-4H. The Morgan fingerprint density at radius 1 is 0.929 bits per heavy atom. The molecule has 14 heavy (non-hydrogen) atoms. The van der Waals surface area contributed by atoms with E-state index in [0.717, 1.165) is 5.56 Å². The lowest BCUT2D eigenvalue weighted by Crippen LogP contribution is -1.66. The van der Waals surface area contributed by atoms with Crippen molar-refractivity contribution < 1.29 is 0 Å². The van der Waals surface area contributed by atoms with E-state index < -0.39 is 0 Å². The van der Waals surface area contributed by atoms with Gasteiger partial charge in [0.05, 0.1) is 0 Å². The third-order valence-electron chi connectivity index (χ3n) is 1.42. The maximum absolute atomic E-state index is 5.10. The SMILES string of the molecule is C#Cc1ccccc1.c1cncnc1. The van der Waals surface area contributed by atoms with E-state index in [0.29, 0.717) is 0 Å². The molecule has 0 radical (unpaired) electrons. The second-order valence-corrected chi connectivity index (χ2v) is 2.41. The first-order valence-electron chi connectivity index (χ1n) is 4.15. The number of benzene rings is 1. The molecule has 2 heteroatoms. The lowest BCUT2D eigenvalue weighted by atomic mass is 10.2. The molecular formula is C12H10N2. The molecule has 2 nitrogen and oxygen atoms in total. The van der Waals surface area contributed by atoms with E-state index in [1.54, 1.807) is 18.5 Å². The average molecular weight is 182 g/mol. The zero-order valence-corrected chi connectivity index (χ0v) is 7.67. The van der Waals surface area contributed by atoms with Crippen molar-refractivity contribution in [3.8, 4) is 12.3 Å². The van der Waals surface area contributed by atoms with Crippen molar-refractivity contribution in [3.05, 3.63) is 60.7 Å². The first kappa shape index (κ1) is 9.94. The van der Waals surface area contributed by atoms with E-state index >= 15 is 0 Å². The summed E-state index contributed by atoms with van der Waals surface area (Å²) in [5, 5.41) is 0. The molecule has 2 aromatic rings. The van der Waals surface area contributed by atoms with Gasteiger partial charge in [0.15, 0.2) is 0 Å². The summed E-state index contributed by atoms with van der Waals surface area (Å²) in [5.41, 5.74) is 0.938. The molecule has 68 valence electrons. The Bertz CT molecular complexity index is 349. The van der Waals surface area contributed by atoms with E-state index in [9.17, 15) is 0 Å². The second kappa shape index (κ2) is 6.38. The summed E-state index contributed by atoms with van der Waals surface area (Å²) in [4.78, 5) is 7.35. The van der Waals surface area contributed by atoms with Crippen LogP contribution >= 0.6 is 0 Å². The van der Waals surface area contributed by atoms with Crippen LogP contribution in [0.3, 0.4) is 0 Å². The predicted molar refractivity (Wildman–Crippen MR) is 56.4 cm³/mol. The molecule has 1 heterocycles. The molecule has 0 bridgehead atoms. The summed E-state index contributed by atoms with van der Waals surface area (Å²) < 4.78 is 0. The monoisotopic (exact) mass is 182 g/mol. The van der Waals surface area contributed by atoms with Crippen molar-refractivity contribution in [2.24, 2.45) is 0 Å². The van der Waals surface area contributed by atoms with Gasteiger partial charge < -0.3 is 0 Å². The summed E-state index contributed by atoms with van der Waals surface area (Å²) in [5.74, 6) is 2.53. The van der Waals surface area contributed by atoms with Gasteiger partial charge in [-0.1, -0.05) is 24.1 Å². The van der Waals surface area contributed by atoms with Crippen molar-refractivity contribution in [1.29, 1.82) is 0 Å². The number of aromatic nitrogens is 2. The Morgan fingerprint density at radius 3 is 1.86 bits per heavy atom. The molecule has 2 rings (SSSR count). The van der Waals surface area contributed by atoms with Gasteiger partial charge >= 0.3 is 0 Å². The number of hydrogen-bond acceptors (Lipinski definition) is 2. The Labute approximate surface area is 83.7 Å². The normalized spacial score (nSPS) is 7.93. The highest BCUT2D eigenvalue weighted by molar-refractivity contribution is 5.30. The molecule has 0 saturated heterocycles. The van der Waals surface area contributed by atoms with Gasteiger partial charge in [0.1, 0.15) is 6.33 Å². The summed E-state index contributed by atoms with van der Waals surface area (Å²) >= 11 is 0. The smallest absolute Gasteiger partial charge is 0.115 e. The number of rotatable bonds is 0. The van der Waals surface area contributed by atoms with E-state index in [2.05, 4.69) is 15.9 Å². The number of nitrogens with zero attached hydrogens (tertiary/aromatic N) is 2. The van der Waals surface area contributed by atoms with Crippen LogP contribution in [0.1, 0.15) is 5.56 Å². The first-order valence-corrected chi connectivity index (χ1v) is 4.15. The van der Waals surface area contributed by atoms with Crippen LogP contribution < -0.4 is 0 Å². The van der Waals surface area contributed by atoms with Gasteiger partial charge in [0, 0.05) is 18.0 Å². The fourth-order valence-electron chi connectivity index (χ4n) is 0.788. The van der Waals surface area contributed by atoms with Crippen LogP contribution in [0.25, 0.3) is 0 Å². The van der Waals surface area contributed by atoms with Gasteiger partial charge in [0.25, 0.3) is 0 Å². The number of hydrogen-bond donors (Lipinski definition) is 0. The second-order valence-electron chi connectivity index (χ2n) is 2.41. The van der Waals surface area contributed by atoms with Crippen molar-refractivity contribution in [1.82, 2.24) is 9.97 Å². The lowest BCUT2D eigenvalue weighted by molar-refractivity contribution is 1.17. The largest absolute Gasteiger partial charge is 0.245 e. The van der Waals surface area contributed by atoms with E-state index in [1.165, 1.54) is 6.33 Å². The molecule has 0 N–H and O–H groups in total. The minimum absolute atomic E-state index is 0.938. The molecule has 1 aromatic heterocycles. The van der Waals surface area contributed by atoms with E-state index in [4.69, 9.17) is 6.42 Å². The van der Waals surface area contributed by atoms with Crippen molar-refractivity contribution >= 4 is 0 Å². The Kier molecular flexibility index (Phi) is 4.53. The molecule has 0 aliphatic rings. The van der Waals surface area contributed by atoms with Crippen LogP contribution in [0.2, 0.25) is 0 Å². The molecular weight excluding hydrogens is 172 g/mol. The summed E-state index contributed by atoms with van der Waals surface area (Å²) in [6.07, 6.45) is 9.97. The topological polar surface area (TPSA) is 25.8 Å². The van der Waals surface area contributed by atoms with Gasteiger partial charge in [-0.25, -0.2) is 9.97 Å². The van der Waals surface area contributed by atoms with Crippen LogP contribution in [-0.2, 0) is 0 Å². The van der Waals surface area contributed by atoms with Crippen LogP contribution in [0.15, 0.2) is 55.1 Å². The predicted octanol–water partition coefficient (Wildman–Crippen LogP) is 2.14. The third kappa shape index (κ3) is 4.03. The maximum atomic E-state index is 5.10. The van der Waals surface area contributed by atoms with Gasteiger partial charge in [0.2, 0.25) is 0 Å². The minimum Gasteiger partial charge on any atom is -0.245 e. The highest BCUT2D eigenvalue weighted by Crippen LogP contribution is 1.92. The summed E-state index contributed by atoms with van der Waals surface area (Å²) in [6.45, 7) is 0. The fraction of sp³-hybridized carbons (Fsp3) is 0. The van der Waals surface area contributed by atoms with Crippen molar-refractivity contribution in [2.45, 2.75) is 0 Å². The van der Waals surface area contributed by atoms with E-state index in [1.807, 2.05) is 30.3 Å². The van der Waals surface area contributed by atoms with Crippen LogP contribution in [-0.4, -0.2) is 9.97 Å². The first-order chi connectivity index (χ1) is 6.93. The zero-order chi connectivity index (χ0) is 10.1. The number of terminal acetylenes is 1. The molecule has 0 spiro atoms. The van der Waals surface area contributed by atoms with E-state index in [-0.39, 0.29) is 0 Å². The van der Waals surface area contributed by atoms with Crippen molar-refractivity contribution in [3.63, 3.8) is 0 Å². The minimum atomic E-state index is 0.938. The summed E-state index contributed by atoms with van der Waals surface area (Å²) in [6, 6.07) is 11.4. The quantitative estimate of drug-likeness (QED) is 0.583. The molecule has 0 atom stereocenters. The van der Waals surface area contributed by atoms with Gasteiger partial charge in [-0.05, 0) is 18.2 Å². The van der Waals surface area contributed by atoms with Gasteiger partial charge in [-0.15, -0.1) is 6.42 Å². The molecule has 0 unspecified atom stereocenters. The lowest BCUT2D eigenvalue weighted by Gasteiger charge is -1.82. The third-order valence-corrected chi connectivity index (χ3v) is 1.42. The van der Waals surface area contributed by atoms with Crippen LogP contribution in [0, 0.1) is 12.3 Å². The van der Waals surface area contributed by atoms with Crippen LogP contribution in [0.5, 0.6) is 0 Å². The highest BCUT2D eigenvalue weighted by Gasteiger charge is 1.76. The Balaban J connectivity index is 0.000000146. The van der Waals surface area contributed by atoms with Crippen LogP contribution in [0.4, 0.5) is 0 Å². The summed E-state index contributed by atoms with van der Waals surface area (Å²) in [7, 11) is 0. The average Bonchev–Trinajstić information content (AvgIpc) is 2.33. The van der Waals surface area contributed by atoms with Crippen molar-refractivity contribution in [2.75, 3.05) is 0 Å².